The SMILES string of the molecule is CCNC(=O)[C@H](C)N(Cc1ccccc1C)C(=O)CN(c1ccc2c(c1)OCCO2)S(=O)(=O)c1ccccc1. The molecule has 3 aromatic rings. The molecule has 1 heterocycles. The molecule has 1 N–H and O–H groups in total. The van der Waals surface area contributed by atoms with E-state index in [0.29, 0.717) is 31.3 Å². The minimum absolute atomic E-state index is 0.0370. The molecule has 0 spiro atoms. The quantitative estimate of drug-likeness (QED) is 0.414. The van der Waals surface area contributed by atoms with Crippen molar-refractivity contribution in [3.05, 3.63) is 83.9 Å². The molecule has 0 radical (unpaired) electrons. The summed E-state index contributed by atoms with van der Waals surface area (Å²) in [5.41, 5.74) is 2.07. The molecule has 0 fully saturated rings. The van der Waals surface area contributed by atoms with Crippen LogP contribution in [0, 0.1) is 6.92 Å². The van der Waals surface area contributed by atoms with Gasteiger partial charge in [-0.3, -0.25) is 13.9 Å². The van der Waals surface area contributed by atoms with Crippen molar-refractivity contribution in [2.24, 2.45) is 0 Å². The Labute approximate surface area is 229 Å². The molecule has 10 heteroatoms. The second-order valence-corrected chi connectivity index (χ2v) is 11.0. The molecule has 4 rings (SSSR count). The zero-order valence-electron chi connectivity index (χ0n) is 22.3. The van der Waals surface area contributed by atoms with Gasteiger partial charge in [-0.1, -0.05) is 42.5 Å². The number of anilines is 1. The van der Waals surface area contributed by atoms with Crippen LogP contribution in [-0.2, 0) is 26.2 Å². The highest BCUT2D eigenvalue weighted by Crippen LogP contribution is 2.36. The van der Waals surface area contributed by atoms with Gasteiger partial charge >= 0.3 is 0 Å². The lowest BCUT2D eigenvalue weighted by Crippen LogP contribution is -2.51. The van der Waals surface area contributed by atoms with E-state index in [4.69, 9.17) is 9.47 Å². The summed E-state index contributed by atoms with van der Waals surface area (Å²) in [5.74, 6) is 0.0500. The summed E-state index contributed by atoms with van der Waals surface area (Å²) in [4.78, 5) is 28.2. The van der Waals surface area contributed by atoms with Gasteiger partial charge in [0.15, 0.2) is 11.5 Å². The average Bonchev–Trinajstić information content (AvgIpc) is 2.95. The normalized spacial score (nSPS) is 13.3. The first kappa shape index (κ1) is 28.0. The van der Waals surface area contributed by atoms with Crippen molar-refractivity contribution in [2.75, 3.05) is 30.6 Å². The highest BCUT2D eigenvalue weighted by molar-refractivity contribution is 7.92. The zero-order chi connectivity index (χ0) is 28.0. The van der Waals surface area contributed by atoms with Gasteiger partial charge in [-0.2, -0.15) is 0 Å². The minimum atomic E-state index is -4.16. The third-order valence-corrected chi connectivity index (χ3v) is 8.33. The van der Waals surface area contributed by atoms with Crippen molar-refractivity contribution in [3.8, 4) is 11.5 Å². The fraction of sp³-hybridized carbons (Fsp3) is 0.310. The first-order valence-electron chi connectivity index (χ1n) is 12.8. The third-order valence-electron chi connectivity index (χ3n) is 6.54. The predicted molar refractivity (Wildman–Crippen MR) is 148 cm³/mol. The van der Waals surface area contributed by atoms with Gasteiger partial charge < -0.3 is 19.7 Å². The van der Waals surface area contributed by atoms with E-state index in [9.17, 15) is 18.0 Å². The van der Waals surface area contributed by atoms with Gasteiger partial charge in [0.25, 0.3) is 10.0 Å². The number of aryl methyl sites for hydroxylation is 1. The first-order valence-corrected chi connectivity index (χ1v) is 14.3. The molecule has 2 amide bonds. The Hall–Kier alpha value is -4.05. The van der Waals surface area contributed by atoms with Crippen LogP contribution in [0.2, 0.25) is 0 Å². The maximum atomic E-state index is 13.9. The van der Waals surface area contributed by atoms with E-state index >= 15 is 0 Å². The van der Waals surface area contributed by atoms with Crippen LogP contribution in [0.25, 0.3) is 0 Å². The number of carbonyl (C=O) groups excluding carboxylic acids is 2. The number of hydrogen-bond acceptors (Lipinski definition) is 6. The maximum Gasteiger partial charge on any atom is 0.264 e. The number of rotatable bonds is 10. The topological polar surface area (TPSA) is 105 Å². The van der Waals surface area contributed by atoms with Gasteiger partial charge in [0.1, 0.15) is 25.8 Å². The Balaban J connectivity index is 1.74. The van der Waals surface area contributed by atoms with E-state index in [1.165, 1.54) is 17.0 Å². The summed E-state index contributed by atoms with van der Waals surface area (Å²) in [5, 5.41) is 2.76. The lowest BCUT2D eigenvalue weighted by molar-refractivity contribution is -0.139. The molecule has 0 unspecified atom stereocenters. The lowest BCUT2D eigenvalue weighted by Gasteiger charge is -2.32. The summed E-state index contributed by atoms with van der Waals surface area (Å²) < 4.78 is 40.1. The molecule has 0 saturated carbocycles. The first-order chi connectivity index (χ1) is 18.7. The smallest absolute Gasteiger partial charge is 0.264 e. The second kappa shape index (κ2) is 12.2. The Morgan fingerprint density at radius 3 is 2.31 bits per heavy atom. The molecule has 0 bridgehead atoms. The molecular weight excluding hydrogens is 518 g/mol. The molecule has 0 saturated heterocycles. The molecule has 0 aromatic heterocycles. The predicted octanol–water partition coefficient (Wildman–Crippen LogP) is 3.51. The molecule has 1 aliphatic rings. The summed E-state index contributed by atoms with van der Waals surface area (Å²) in [6.07, 6.45) is 0. The van der Waals surface area contributed by atoms with Crippen LogP contribution in [0.5, 0.6) is 11.5 Å². The van der Waals surface area contributed by atoms with E-state index in [-0.39, 0.29) is 23.0 Å². The van der Waals surface area contributed by atoms with Crippen LogP contribution in [0.4, 0.5) is 5.69 Å². The Morgan fingerprint density at radius 1 is 0.949 bits per heavy atom. The van der Waals surface area contributed by atoms with E-state index in [1.54, 1.807) is 50.2 Å². The molecule has 0 aliphatic carbocycles. The molecule has 39 heavy (non-hydrogen) atoms. The lowest BCUT2D eigenvalue weighted by atomic mass is 10.1. The molecule has 1 aliphatic heterocycles. The Morgan fingerprint density at radius 2 is 1.62 bits per heavy atom. The van der Waals surface area contributed by atoms with Crippen LogP contribution in [0.15, 0.2) is 77.7 Å². The number of carbonyl (C=O) groups is 2. The Bertz CT molecular complexity index is 1430. The summed E-state index contributed by atoms with van der Waals surface area (Å²) in [6.45, 7) is 6.11. The molecule has 1 atom stereocenters. The van der Waals surface area contributed by atoms with E-state index in [0.717, 1.165) is 15.4 Å². The number of amides is 2. The molecule has 206 valence electrons. The van der Waals surface area contributed by atoms with Crippen molar-refractivity contribution in [1.29, 1.82) is 0 Å². The molecular formula is C29H33N3O6S. The fourth-order valence-corrected chi connectivity index (χ4v) is 5.74. The Kier molecular flexibility index (Phi) is 8.75. The number of nitrogens with one attached hydrogen (secondary N) is 1. The van der Waals surface area contributed by atoms with Gasteiger partial charge in [0, 0.05) is 19.2 Å². The van der Waals surface area contributed by atoms with Crippen molar-refractivity contribution in [3.63, 3.8) is 0 Å². The number of ether oxygens (including phenoxy) is 2. The number of hydrogen-bond donors (Lipinski definition) is 1. The van der Waals surface area contributed by atoms with Gasteiger partial charge in [0.05, 0.1) is 10.6 Å². The van der Waals surface area contributed by atoms with E-state index in [1.807, 2.05) is 31.2 Å². The van der Waals surface area contributed by atoms with Crippen LogP contribution >= 0.6 is 0 Å². The number of fused-ring (bicyclic) bond motifs is 1. The van der Waals surface area contributed by atoms with Crippen molar-refractivity contribution >= 4 is 27.5 Å². The average molecular weight is 552 g/mol. The van der Waals surface area contributed by atoms with Crippen LogP contribution < -0.4 is 19.1 Å². The summed E-state index contributed by atoms with van der Waals surface area (Å²) >= 11 is 0. The van der Waals surface area contributed by atoms with Gasteiger partial charge in [0.2, 0.25) is 11.8 Å². The largest absolute Gasteiger partial charge is 0.486 e. The zero-order valence-corrected chi connectivity index (χ0v) is 23.1. The van der Waals surface area contributed by atoms with Crippen molar-refractivity contribution in [2.45, 2.75) is 38.3 Å². The highest BCUT2D eigenvalue weighted by Gasteiger charge is 2.33. The van der Waals surface area contributed by atoms with Crippen molar-refractivity contribution in [1.82, 2.24) is 10.2 Å². The van der Waals surface area contributed by atoms with E-state index < -0.39 is 28.5 Å². The fourth-order valence-electron chi connectivity index (χ4n) is 4.31. The van der Waals surface area contributed by atoms with Crippen LogP contribution in [0.3, 0.4) is 0 Å². The number of likely N-dealkylation sites (N-methyl/N-ethyl adjacent to an activating group) is 1. The molecule has 3 aromatic carbocycles. The standard InChI is InChI=1S/C29H33N3O6S/c1-4-30-29(34)22(3)31(19-23-11-9-8-10-21(23)2)28(33)20-32(39(35,36)25-12-6-5-7-13-25)24-14-15-26-27(18-24)38-17-16-37-26/h5-15,18,22H,4,16-17,19-20H2,1-3H3,(H,30,34)/t22-/m0/s1. The number of benzene rings is 3. The minimum Gasteiger partial charge on any atom is -0.486 e. The second-order valence-electron chi connectivity index (χ2n) is 9.17. The monoisotopic (exact) mass is 551 g/mol. The molecule has 9 nitrogen and oxygen atoms in total. The third kappa shape index (κ3) is 6.34. The summed E-state index contributed by atoms with van der Waals surface area (Å²) in [7, 11) is -4.16. The van der Waals surface area contributed by atoms with Crippen molar-refractivity contribution < 1.29 is 27.5 Å². The van der Waals surface area contributed by atoms with Gasteiger partial charge in [-0.25, -0.2) is 8.42 Å². The van der Waals surface area contributed by atoms with Gasteiger partial charge in [-0.05, 0) is 56.2 Å². The van der Waals surface area contributed by atoms with Crippen LogP contribution in [0.1, 0.15) is 25.0 Å². The highest BCUT2D eigenvalue weighted by atomic mass is 32.2. The number of sulfonamides is 1. The van der Waals surface area contributed by atoms with E-state index in [2.05, 4.69) is 5.32 Å². The van der Waals surface area contributed by atoms with Gasteiger partial charge in [-0.15, -0.1) is 0 Å². The maximum absolute atomic E-state index is 13.9. The number of nitrogens with zero attached hydrogens (tertiary/aromatic N) is 2. The van der Waals surface area contributed by atoms with Crippen LogP contribution in [-0.4, -0.2) is 57.5 Å². The summed E-state index contributed by atoms with van der Waals surface area (Å²) in [6, 6.07) is 19.4.